The SMILES string of the molecule is Cc1ccc(S(=O)(=O)N2CC3(CC(OCc4cccnc4)CS3)C2)cc1. The molecule has 3 heterocycles. The summed E-state index contributed by atoms with van der Waals surface area (Å²) in [6.45, 7) is 3.65. The van der Waals surface area contributed by atoms with Crippen LogP contribution in [0.2, 0.25) is 0 Å². The van der Waals surface area contributed by atoms with Gasteiger partial charge in [-0.1, -0.05) is 23.8 Å². The molecule has 1 aromatic carbocycles. The summed E-state index contributed by atoms with van der Waals surface area (Å²) < 4.78 is 33.1. The minimum absolute atomic E-state index is 0.0113. The lowest BCUT2D eigenvalue weighted by Crippen LogP contribution is -2.60. The molecule has 1 unspecified atom stereocenters. The Balaban J connectivity index is 1.33. The normalized spacial score (nSPS) is 22.4. The average molecular weight is 391 g/mol. The number of aryl methyl sites for hydroxylation is 1. The first-order valence-corrected chi connectivity index (χ1v) is 11.1. The second-order valence-corrected chi connectivity index (χ2v) is 10.5. The predicted octanol–water partition coefficient (Wildman–Crippen LogP) is 2.86. The van der Waals surface area contributed by atoms with Crippen LogP contribution in [0.4, 0.5) is 0 Å². The van der Waals surface area contributed by atoms with Crippen molar-refractivity contribution in [3.63, 3.8) is 0 Å². The summed E-state index contributed by atoms with van der Waals surface area (Å²) in [7, 11) is -3.38. The van der Waals surface area contributed by atoms with Gasteiger partial charge in [0.25, 0.3) is 0 Å². The van der Waals surface area contributed by atoms with Gasteiger partial charge in [-0.15, -0.1) is 11.8 Å². The molecule has 7 heteroatoms. The summed E-state index contributed by atoms with van der Waals surface area (Å²) in [5, 5.41) is 0. The summed E-state index contributed by atoms with van der Waals surface area (Å²) in [5.74, 6) is 0.915. The van der Waals surface area contributed by atoms with Crippen LogP contribution in [-0.4, -0.2) is 47.4 Å². The van der Waals surface area contributed by atoms with Crippen LogP contribution < -0.4 is 0 Å². The lowest BCUT2D eigenvalue weighted by Gasteiger charge is -2.46. The van der Waals surface area contributed by atoms with E-state index >= 15 is 0 Å². The summed E-state index contributed by atoms with van der Waals surface area (Å²) in [6, 6.07) is 11.0. The van der Waals surface area contributed by atoms with Crippen LogP contribution in [0.25, 0.3) is 0 Å². The Morgan fingerprint density at radius 3 is 2.73 bits per heavy atom. The molecule has 0 aliphatic carbocycles. The van der Waals surface area contributed by atoms with Crippen molar-refractivity contribution in [2.24, 2.45) is 0 Å². The molecule has 1 spiro atoms. The molecule has 1 aromatic heterocycles. The van der Waals surface area contributed by atoms with E-state index < -0.39 is 10.0 Å². The largest absolute Gasteiger partial charge is 0.373 e. The molecule has 2 aliphatic heterocycles. The zero-order valence-corrected chi connectivity index (χ0v) is 16.3. The van der Waals surface area contributed by atoms with Crippen LogP contribution in [0, 0.1) is 6.92 Å². The van der Waals surface area contributed by atoms with Gasteiger partial charge in [0.15, 0.2) is 0 Å². The molecule has 0 saturated carbocycles. The van der Waals surface area contributed by atoms with E-state index in [9.17, 15) is 8.42 Å². The number of hydrogen-bond acceptors (Lipinski definition) is 5. The van der Waals surface area contributed by atoms with Crippen LogP contribution in [0.15, 0.2) is 53.7 Å². The molecular formula is C19H22N2O3S2. The van der Waals surface area contributed by atoms with Gasteiger partial charge in [0.2, 0.25) is 10.0 Å². The van der Waals surface area contributed by atoms with Crippen molar-refractivity contribution in [3.05, 3.63) is 59.9 Å². The molecule has 2 fully saturated rings. The zero-order valence-electron chi connectivity index (χ0n) is 14.7. The number of hydrogen-bond donors (Lipinski definition) is 0. The first-order valence-electron chi connectivity index (χ1n) is 8.68. The highest BCUT2D eigenvalue weighted by Gasteiger charge is 2.53. The molecule has 0 N–H and O–H groups in total. The lowest BCUT2D eigenvalue weighted by atomic mass is 9.95. The van der Waals surface area contributed by atoms with Gasteiger partial charge < -0.3 is 4.74 Å². The van der Waals surface area contributed by atoms with E-state index in [1.165, 1.54) is 0 Å². The maximum atomic E-state index is 12.7. The van der Waals surface area contributed by atoms with E-state index in [0.717, 1.165) is 23.3 Å². The minimum atomic E-state index is -3.38. The fourth-order valence-corrected chi connectivity index (χ4v) is 6.78. The second kappa shape index (κ2) is 6.96. The lowest BCUT2D eigenvalue weighted by molar-refractivity contribution is 0.0396. The second-order valence-electron chi connectivity index (χ2n) is 7.08. The number of pyridine rings is 1. The molecule has 138 valence electrons. The Bertz CT molecular complexity index is 863. The van der Waals surface area contributed by atoms with Crippen LogP contribution in [-0.2, 0) is 21.4 Å². The van der Waals surface area contributed by atoms with Gasteiger partial charge in [-0.25, -0.2) is 8.42 Å². The number of aromatic nitrogens is 1. The number of benzene rings is 1. The van der Waals surface area contributed by atoms with E-state index in [2.05, 4.69) is 4.98 Å². The Hall–Kier alpha value is -1.41. The summed E-state index contributed by atoms with van der Waals surface area (Å²) in [6.07, 6.45) is 4.64. The van der Waals surface area contributed by atoms with Crippen molar-refractivity contribution in [3.8, 4) is 0 Å². The van der Waals surface area contributed by atoms with E-state index in [4.69, 9.17) is 4.74 Å². The molecule has 1 atom stereocenters. The molecule has 2 aromatic rings. The highest BCUT2D eigenvalue weighted by Crippen LogP contribution is 2.47. The van der Waals surface area contributed by atoms with Gasteiger partial charge in [-0.05, 0) is 37.1 Å². The molecule has 4 rings (SSSR count). The van der Waals surface area contributed by atoms with Crippen LogP contribution in [0.5, 0.6) is 0 Å². The Morgan fingerprint density at radius 1 is 1.27 bits per heavy atom. The molecule has 2 aliphatic rings. The minimum Gasteiger partial charge on any atom is -0.373 e. The summed E-state index contributed by atoms with van der Waals surface area (Å²) >= 11 is 1.85. The number of rotatable bonds is 5. The summed E-state index contributed by atoms with van der Waals surface area (Å²) in [4.78, 5) is 4.48. The molecular weight excluding hydrogens is 368 g/mol. The number of nitrogens with zero attached hydrogens (tertiary/aromatic N) is 2. The van der Waals surface area contributed by atoms with Crippen molar-refractivity contribution < 1.29 is 13.2 Å². The first kappa shape index (κ1) is 18.0. The van der Waals surface area contributed by atoms with Gasteiger partial charge in [-0.2, -0.15) is 4.31 Å². The van der Waals surface area contributed by atoms with Gasteiger partial charge in [0.05, 0.1) is 17.6 Å². The van der Waals surface area contributed by atoms with Gasteiger partial charge >= 0.3 is 0 Å². The van der Waals surface area contributed by atoms with E-state index in [1.54, 1.807) is 22.6 Å². The molecule has 0 radical (unpaired) electrons. The monoisotopic (exact) mass is 390 g/mol. The summed E-state index contributed by atoms with van der Waals surface area (Å²) in [5.41, 5.74) is 2.12. The van der Waals surface area contributed by atoms with Crippen molar-refractivity contribution in [2.75, 3.05) is 18.8 Å². The smallest absolute Gasteiger partial charge is 0.243 e. The van der Waals surface area contributed by atoms with E-state index in [0.29, 0.717) is 24.6 Å². The van der Waals surface area contributed by atoms with Gasteiger partial charge in [-0.3, -0.25) is 4.98 Å². The predicted molar refractivity (Wildman–Crippen MR) is 103 cm³/mol. The maximum Gasteiger partial charge on any atom is 0.243 e. The number of ether oxygens (including phenoxy) is 1. The maximum absolute atomic E-state index is 12.7. The standard InChI is InChI=1S/C19H22N2O3S2/c1-15-4-6-18(7-5-15)26(22,23)21-13-19(14-21)9-17(12-25-19)24-11-16-3-2-8-20-10-16/h2-8,10,17H,9,11-14H2,1H3. The number of thioether (sulfide) groups is 1. The van der Waals surface area contributed by atoms with Crippen molar-refractivity contribution in [1.29, 1.82) is 0 Å². The first-order chi connectivity index (χ1) is 12.5. The molecule has 5 nitrogen and oxygen atoms in total. The van der Waals surface area contributed by atoms with Crippen molar-refractivity contribution >= 4 is 21.8 Å². The van der Waals surface area contributed by atoms with Crippen LogP contribution in [0.3, 0.4) is 0 Å². The number of sulfonamides is 1. The van der Waals surface area contributed by atoms with E-state index in [1.807, 2.05) is 49.1 Å². The topological polar surface area (TPSA) is 59.5 Å². The van der Waals surface area contributed by atoms with Crippen molar-refractivity contribution in [2.45, 2.75) is 35.7 Å². The molecule has 26 heavy (non-hydrogen) atoms. The third kappa shape index (κ3) is 3.53. The fraction of sp³-hybridized carbons (Fsp3) is 0.421. The molecule has 2 saturated heterocycles. The highest BCUT2D eigenvalue weighted by molar-refractivity contribution is 8.01. The Morgan fingerprint density at radius 2 is 2.04 bits per heavy atom. The zero-order chi connectivity index (χ0) is 18.2. The van der Waals surface area contributed by atoms with Crippen molar-refractivity contribution in [1.82, 2.24) is 9.29 Å². The Kier molecular flexibility index (Phi) is 4.81. The molecule has 0 amide bonds. The third-order valence-corrected chi connectivity index (χ3v) is 8.35. The third-order valence-electron chi connectivity index (χ3n) is 4.97. The quantitative estimate of drug-likeness (QED) is 0.786. The van der Waals surface area contributed by atoms with Crippen LogP contribution in [0.1, 0.15) is 17.5 Å². The van der Waals surface area contributed by atoms with Crippen LogP contribution >= 0.6 is 11.8 Å². The van der Waals surface area contributed by atoms with E-state index in [-0.39, 0.29) is 10.9 Å². The highest BCUT2D eigenvalue weighted by atomic mass is 32.2. The van der Waals surface area contributed by atoms with Gasteiger partial charge in [0, 0.05) is 36.0 Å². The van der Waals surface area contributed by atoms with Gasteiger partial charge in [0.1, 0.15) is 0 Å². The fourth-order valence-electron chi connectivity index (χ4n) is 3.45. The molecule has 0 bridgehead atoms. The average Bonchev–Trinajstić information content (AvgIpc) is 3.05. The Labute approximate surface area is 158 Å².